The Labute approximate surface area is 209 Å². The number of unbranched alkanes of at least 4 members (excludes halogenated alkanes) is 9. The lowest BCUT2D eigenvalue weighted by Gasteiger charge is -2.17. The Morgan fingerprint density at radius 3 is 2.00 bits per heavy atom. The first kappa shape index (κ1) is 29.4. The summed E-state index contributed by atoms with van der Waals surface area (Å²) in [6.07, 6.45) is 12.9. The van der Waals surface area contributed by atoms with E-state index in [2.05, 4.69) is 17.6 Å². The van der Waals surface area contributed by atoms with Gasteiger partial charge in [0.25, 0.3) is 5.91 Å². The van der Waals surface area contributed by atoms with Crippen molar-refractivity contribution in [3.8, 4) is 0 Å². The van der Waals surface area contributed by atoms with Crippen molar-refractivity contribution in [1.29, 1.82) is 0 Å². The number of anilines is 1. The van der Waals surface area contributed by atoms with Crippen molar-refractivity contribution in [3.63, 3.8) is 0 Å². The largest absolute Gasteiger partial charge is 0.465 e. The molecule has 1 heterocycles. The molecule has 0 aromatic carbocycles. The van der Waals surface area contributed by atoms with Gasteiger partial charge in [0.05, 0.1) is 17.6 Å². The van der Waals surface area contributed by atoms with Gasteiger partial charge < -0.3 is 20.3 Å². The highest BCUT2D eigenvalue weighted by Gasteiger charge is 2.27. The Morgan fingerprint density at radius 2 is 1.48 bits per heavy atom. The van der Waals surface area contributed by atoms with Crippen molar-refractivity contribution in [1.82, 2.24) is 10.2 Å². The molecule has 33 heavy (non-hydrogen) atoms. The monoisotopic (exact) mass is 497 g/mol. The van der Waals surface area contributed by atoms with Gasteiger partial charge in [0.2, 0.25) is 0 Å². The van der Waals surface area contributed by atoms with Crippen LogP contribution in [0, 0.1) is 6.92 Å². The molecule has 0 unspecified atom stereocenters. The molecule has 1 amide bonds. The highest BCUT2D eigenvalue weighted by molar-refractivity contribution is 7.80. The molecule has 0 aliphatic carbocycles. The smallest absolute Gasteiger partial charge is 0.341 e. The Bertz CT molecular complexity index is 746. The number of hydrogen-bond donors (Lipinski definition) is 2. The minimum Gasteiger partial charge on any atom is -0.465 e. The van der Waals surface area contributed by atoms with Gasteiger partial charge in [-0.3, -0.25) is 4.79 Å². The fourth-order valence-electron chi connectivity index (χ4n) is 3.77. The van der Waals surface area contributed by atoms with Crippen LogP contribution >= 0.6 is 23.6 Å². The number of esters is 1. The molecule has 1 aromatic heterocycles. The summed E-state index contributed by atoms with van der Waals surface area (Å²) in [6, 6.07) is 0. The highest BCUT2D eigenvalue weighted by Crippen LogP contribution is 2.34. The SMILES string of the molecule is CCCCCCCCCCCCNC(=S)Nc1sc(C(=O)N(CC)CC)c(C)c1C(=O)OC. The second kappa shape index (κ2) is 16.9. The summed E-state index contributed by atoms with van der Waals surface area (Å²) in [4.78, 5) is 27.6. The van der Waals surface area contributed by atoms with Crippen LogP contribution in [0.15, 0.2) is 0 Å². The number of nitrogens with one attached hydrogen (secondary N) is 2. The Kier molecular flexibility index (Phi) is 15.0. The molecule has 0 aliphatic rings. The van der Waals surface area contributed by atoms with Gasteiger partial charge in [-0.05, 0) is 45.0 Å². The molecule has 0 spiro atoms. The Morgan fingerprint density at radius 1 is 0.939 bits per heavy atom. The van der Waals surface area contributed by atoms with Crippen LogP contribution in [-0.4, -0.2) is 48.6 Å². The van der Waals surface area contributed by atoms with Gasteiger partial charge >= 0.3 is 5.97 Å². The molecule has 0 fully saturated rings. The van der Waals surface area contributed by atoms with Crippen molar-refractivity contribution in [3.05, 3.63) is 16.0 Å². The Balaban J connectivity index is 2.53. The maximum absolute atomic E-state index is 12.9. The number of methoxy groups -OCH3 is 1. The lowest BCUT2D eigenvalue weighted by atomic mass is 10.1. The number of nitrogens with zero attached hydrogens (tertiary/aromatic N) is 1. The van der Waals surface area contributed by atoms with Gasteiger partial charge in [0.1, 0.15) is 5.00 Å². The molecule has 0 bridgehead atoms. The third kappa shape index (κ3) is 10.0. The van der Waals surface area contributed by atoms with E-state index in [1.807, 2.05) is 13.8 Å². The third-order valence-electron chi connectivity index (χ3n) is 5.82. The molecule has 1 aromatic rings. The molecule has 0 atom stereocenters. The van der Waals surface area contributed by atoms with E-state index in [1.54, 1.807) is 11.8 Å². The van der Waals surface area contributed by atoms with Gasteiger partial charge in [-0.15, -0.1) is 11.3 Å². The zero-order valence-corrected chi connectivity index (χ0v) is 22.8. The minimum atomic E-state index is -0.470. The average molecular weight is 498 g/mol. The number of amides is 1. The summed E-state index contributed by atoms with van der Waals surface area (Å²) >= 11 is 6.70. The summed E-state index contributed by atoms with van der Waals surface area (Å²) in [7, 11) is 1.34. The number of carbonyl (C=O) groups is 2. The van der Waals surface area contributed by atoms with E-state index in [1.165, 1.54) is 76.2 Å². The number of hydrogen-bond acceptors (Lipinski definition) is 5. The molecule has 2 N–H and O–H groups in total. The van der Waals surface area contributed by atoms with Crippen LogP contribution in [0.4, 0.5) is 5.00 Å². The first-order valence-corrected chi connectivity index (χ1v) is 13.7. The molecule has 0 saturated heterocycles. The Hall–Kier alpha value is -1.67. The number of rotatable bonds is 16. The van der Waals surface area contributed by atoms with Crippen LogP contribution in [-0.2, 0) is 4.74 Å². The van der Waals surface area contributed by atoms with Crippen LogP contribution in [0.3, 0.4) is 0 Å². The van der Waals surface area contributed by atoms with Crippen molar-refractivity contribution >= 4 is 45.5 Å². The zero-order valence-electron chi connectivity index (χ0n) is 21.2. The standard InChI is InChI=1S/C25H43N3O3S2/c1-6-9-10-11-12-13-14-15-16-17-18-26-25(32)27-22-20(24(30)31-5)19(4)21(33-22)23(29)28(7-2)8-3/h6-18H2,1-5H3,(H2,26,27,32). The van der Waals surface area contributed by atoms with Crippen LogP contribution in [0.1, 0.15) is 111 Å². The lowest BCUT2D eigenvalue weighted by Crippen LogP contribution is -2.30. The fraction of sp³-hybridized carbons (Fsp3) is 0.720. The quantitative estimate of drug-likeness (QED) is 0.154. The first-order valence-electron chi connectivity index (χ1n) is 12.5. The minimum absolute atomic E-state index is 0.0788. The predicted molar refractivity (Wildman–Crippen MR) is 144 cm³/mol. The predicted octanol–water partition coefficient (Wildman–Crippen LogP) is 6.53. The molecule has 8 heteroatoms. The molecule has 0 aliphatic heterocycles. The maximum Gasteiger partial charge on any atom is 0.341 e. The van der Waals surface area contributed by atoms with Gasteiger partial charge in [-0.25, -0.2) is 4.79 Å². The summed E-state index contributed by atoms with van der Waals surface area (Å²) < 4.78 is 4.96. The summed E-state index contributed by atoms with van der Waals surface area (Å²) in [6.45, 7) is 9.93. The van der Waals surface area contributed by atoms with Crippen LogP contribution < -0.4 is 10.6 Å². The van der Waals surface area contributed by atoms with E-state index in [0.717, 1.165) is 13.0 Å². The van der Waals surface area contributed by atoms with Gasteiger partial charge in [0.15, 0.2) is 5.11 Å². The van der Waals surface area contributed by atoms with Gasteiger partial charge in [-0.2, -0.15) is 0 Å². The average Bonchev–Trinajstić information content (AvgIpc) is 3.13. The summed E-state index contributed by atoms with van der Waals surface area (Å²) in [5, 5.41) is 7.35. The first-order chi connectivity index (χ1) is 15.9. The molecule has 0 saturated carbocycles. The topological polar surface area (TPSA) is 70.7 Å². The molecular weight excluding hydrogens is 454 g/mol. The second-order valence-electron chi connectivity index (χ2n) is 8.29. The maximum atomic E-state index is 12.9. The van der Waals surface area contributed by atoms with E-state index in [-0.39, 0.29) is 5.91 Å². The van der Waals surface area contributed by atoms with E-state index in [0.29, 0.717) is 39.2 Å². The summed E-state index contributed by atoms with van der Waals surface area (Å²) in [5.74, 6) is -0.549. The van der Waals surface area contributed by atoms with E-state index < -0.39 is 5.97 Å². The molecule has 0 radical (unpaired) electrons. The lowest BCUT2D eigenvalue weighted by molar-refractivity contribution is 0.0601. The molecular formula is C25H43N3O3S2. The number of carbonyl (C=O) groups excluding carboxylic acids is 2. The molecule has 6 nitrogen and oxygen atoms in total. The zero-order chi connectivity index (χ0) is 24.6. The van der Waals surface area contributed by atoms with Crippen LogP contribution in [0.2, 0.25) is 0 Å². The number of thiophene rings is 1. The molecule has 1 rings (SSSR count). The number of thiocarbonyl (C=S) groups is 1. The van der Waals surface area contributed by atoms with E-state index in [4.69, 9.17) is 17.0 Å². The van der Waals surface area contributed by atoms with Gasteiger partial charge in [-0.1, -0.05) is 64.7 Å². The van der Waals surface area contributed by atoms with Crippen molar-refractivity contribution in [2.75, 3.05) is 32.1 Å². The third-order valence-corrected chi connectivity index (χ3v) is 7.27. The molecule has 188 valence electrons. The number of ether oxygens (including phenoxy) is 1. The van der Waals surface area contributed by atoms with Crippen molar-refractivity contribution < 1.29 is 14.3 Å². The van der Waals surface area contributed by atoms with Crippen LogP contribution in [0.5, 0.6) is 0 Å². The highest BCUT2D eigenvalue weighted by atomic mass is 32.1. The van der Waals surface area contributed by atoms with Crippen molar-refractivity contribution in [2.45, 2.75) is 91.9 Å². The van der Waals surface area contributed by atoms with Crippen LogP contribution in [0.25, 0.3) is 0 Å². The van der Waals surface area contributed by atoms with Gasteiger partial charge in [0, 0.05) is 19.6 Å². The van der Waals surface area contributed by atoms with E-state index in [9.17, 15) is 9.59 Å². The fourth-order valence-corrected chi connectivity index (χ4v) is 5.21. The summed E-state index contributed by atoms with van der Waals surface area (Å²) in [5.41, 5.74) is 1.00. The van der Waals surface area contributed by atoms with E-state index >= 15 is 0 Å². The second-order valence-corrected chi connectivity index (χ2v) is 9.72. The normalized spacial score (nSPS) is 10.7. The van der Waals surface area contributed by atoms with Crippen molar-refractivity contribution in [2.24, 2.45) is 0 Å².